The fraction of sp³-hybridized carbons (Fsp3) is 0.0769. The quantitative estimate of drug-likeness (QED) is 0.690. The van der Waals surface area contributed by atoms with Crippen LogP contribution >= 0.6 is 23.8 Å². The molecule has 0 unspecified atom stereocenters. The molecular weight excluding hydrogens is 270 g/mol. The largest absolute Gasteiger partial charge is 0.477 e. The van der Waals surface area contributed by atoms with Gasteiger partial charge in [-0.25, -0.2) is 4.79 Å². The molecule has 0 atom stereocenters. The van der Waals surface area contributed by atoms with Crippen LogP contribution in [0.2, 0.25) is 5.02 Å². The van der Waals surface area contributed by atoms with E-state index in [9.17, 15) is 4.79 Å². The summed E-state index contributed by atoms with van der Waals surface area (Å²) in [6.45, 7) is 0.367. The molecule has 0 aliphatic heterocycles. The molecule has 2 aromatic rings. The third kappa shape index (κ3) is 2.78. The molecule has 1 heterocycles. The van der Waals surface area contributed by atoms with Gasteiger partial charge in [0.15, 0.2) is 0 Å². The Morgan fingerprint density at radius 3 is 2.56 bits per heavy atom. The number of nitrogens with zero attached hydrogens (tertiary/aromatic N) is 1. The Bertz CT molecular complexity index is 589. The van der Waals surface area contributed by atoms with Gasteiger partial charge in [-0.2, -0.15) is 0 Å². The van der Waals surface area contributed by atoms with Crippen LogP contribution in [-0.2, 0) is 6.54 Å². The summed E-state index contributed by atoms with van der Waals surface area (Å²) in [5, 5.41) is 9.64. The van der Waals surface area contributed by atoms with Crippen molar-refractivity contribution in [2.45, 2.75) is 6.54 Å². The first-order chi connectivity index (χ1) is 8.58. The third-order valence-corrected chi connectivity index (χ3v) is 3.15. The van der Waals surface area contributed by atoms with Crippen LogP contribution in [0, 0.1) is 0 Å². The molecule has 0 saturated heterocycles. The van der Waals surface area contributed by atoms with E-state index in [0.717, 1.165) is 5.56 Å². The van der Waals surface area contributed by atoms with Crippen LogP contribution < -0.4 is 0 Å². The number of carboxylic acids is 1. The molecule has 92 valence electrons. The maximum atomic E-state index is 11.0. The molecule has 5 heteroatoms. The van der Waals surface area contributed by atoms with Crippen molar-refractivity contribution in [3.8, 4) is 0 Å². The highest BCUT2D eigenvalue weighted by Gasteiger charge is 2.10. The average molecular weight is 280 g/mol. The Hall–Kier alpha value is -1.65. The number of thiocarbonyl (C=S) groups is 1. The van der Waals surface area contributed by atoms with E-state index in [1.54, 1.807) is 35.0 Å². The van der Waals surface area contributed by atoms with Gasteiger partial charge in [0.2, 0.25) is 0 Å². The Balaban J connectivity index is 2.19. The van der Waals surface area contributed by atoms with E-state index < -0.39 is 5.97 Å². The van der Waals surface area contributed by atoms with Gasteiger partial charge in [0.1, 0.15) is 5.69 Å². The highest BCUT2D eigenvalue weighted by Crippen LogP contribution is 2.12. The Morgan fingerprint density at radius 1 is 1.28 bits per heavy atom. The summed E-state index contributed by atoms with van der Waals surface area (Å²) >= 11 is 11.1. The predicted molar refractivity (Wildman–Crippen MR) is 74.5 cm³/mol. The van der Waals surface area contributed by atoms with Gasteiger partial charge in [-0.15, -0.1) is 0 Å². The summed E-state index contributed by atoms with van der Waals surface area (Å²) in [6, 6.07) is 10.4. The second-order valence-corrected chi connectivity index (χ2v) is 4.69. The standard InChI is InChI=1S/C13H10ClNO2S/c14-10-5-3-9(4-6-10)12(18)8-15-7-1-2-11(15)13(16)17/h1-7H,8H2,(H,16,17). The number of carboxylic acid groups (broad SMARTS) is 1. The van der Waals surface area contributed by atoms with Crippen LogP contribution in [0.1, 0.15) is 16.1 Å². The normalized spacial score (nSPS) is 10.3. The molecule has 18 heavy (non-hydrogen) atoms. The lowest BCUT2D eigenvalue weighted by molar-refractivity contribution is 0.0686. The number of aromatic carboxylic acids is 1. The molecule has 0 spiro atoms. The van der Waals surface area contributed by atoms with Gasteiger partial charge in [0.25, 0.3) is 0 Å². The SMILES string of the molecule is O=C(O)c1cccn1CC(=S)c1ccc(Cl)cc1. The van der Waals surface area contributed by atoms with Crippen LogP contribution in [0.4, 0.5) is 0 Å². The monoisotopic (exact) mass is 279 g/mol. The fourth-order valence-electron chi connectivity index (χ4n) is 1.63. The zero-order chi connectivity index (χ0) is 13.1. The topological polar surface area (TPSA) is 42.2 Å². The van der Waals surface area contributed by atoms with Crippen molar-refractivity contribution in [2.75, 3.05) is 0 Å². The summed E-state index contributed by atoms with van der Waals surface area (Å²) in [5.74, 6) is -0.959. The zero-order valence-electron chi connectivity index (χ0n) is 9.34. The molecule has 0 aliphatic carbocycles. The highest BCUT2D eigenvalue weighted by molar-refractivity contribution is 7.80. The summed E-state index contributed by atoms with van der Waals surface area (Å²) in [4.78, 5) is 11.6. The first-order valence-corrected chi connectivity index (χ1v) is 6.04. The lowest BCUT2D eigenvalue weighted by atomic mass is 10.1. The van der Waals surface area contributed by atoms with E-state index in [2.05, 4.69) is 0 Å². The molecule has 0 fully saturated rings. The average Bonchev–Trinajstić information content (AvgIpc) is 2.78. The Kier molecular flexibility index (Phi) is 3.79. The number of halogens is 1. The van der Waals surface area contributed by atoms with E-state index in [4.69, 9.17) is 28.9 Å². The summed E-state index contributed by atoms with van der Waals surface area (Å²) in [5.41, 5.74) is 1.10. The minimum absolute atomic E-state index is 0.228. The summed E-state index contributed by atoms with van der Waals surface area (Å²) in [7, 11) is 0. The van der Waals surface area contributed by atoms with Crippen molar-refractivity contribution in [1.82, 2.24) is 4.57 Å². The van der Waals surface area contributed by atoms with Gasteiger partial charge in [0, 0.05) is 16.1 Å². The minimum Gasteiger partial charge on any atom is -0.477 e. The van der Waals surface area contributed by atoms with Gasteiger partial charge in [0.05, 0.1) is 6.54 Å². The zero-order valence-corrected chi connectivity index (χ0v) is 10.9. The van der Waals surface area contributed by atoms with Crippen LogP contribution in [0.5, 0.6) is 0 Å². The number of hydrogen-bond donors (Lipinski definition) is 1. The molecule has 0 bridgehead atoms. The van der Waals surface area contributed by atoms with E-state index in [-0.39, 0.29) is 5.69 Å². The van der Waals surface area contributed by atoms with Crippen molar-refractivity contribution < 1.29 is 9.90 Å². The van der Waals surface area contributed by atoms with Crippen molar-refractivity contribution in [2.24, 2.45) is 0 Å². The first kappa shape index (κ1) is 12.8. The maximum Gasteiger partial charge on any atom is 0.352 e. The number of hydrogen-bond acceptors (Lipinski definition) is 2. The Morgan fingerprint density at radius 2 is 1.94 bits per heavy atom. The van der Waals surface area contributed by atoms with Gasteiger partial charge < -0.3 is 9.67 Å². The van der Waals surface area contributed by atoms with E-state index in [1.165, 1.54) is 0 Å². The van der Waals surface area contributed by atoms with Crippen molar-refractivity contribution in [3.63, 3.8) is 0 Å². The molecular formula is C13H10ClNO2S. The van der Waals surface area contributed by atoms with Crippen molar-refractivity contribution >= 4 is 34.7 Å². The minimum atomic E-state index is -0.959. The van der Waals surface area contributed by atoms with Crippen LogP contribution in [0.25, 0.3) is 0 Å². The second-order valence-electron chi connectivity index (χ2n) is 3.76. The lowest BCUT2D eigenvalue weighted by Gasteiger charge is -2.08. The van der Waals surface area contributed by atoms with Crippen LogP contribution in [0.3, 0.4) is 0 Å². The number of aromatic nitrogens is 1. The third-order valence-electron chi connectivity index (χ3n) is 2.53. The van der Waals surface area contributed by atoms with E-state index in [0.29, 0.717) is 16.4 Å². The van der Waals surface area contributed by atoms with Crippen molar-refractivity contribution in [3.05, 3.63) is 58.9 Å². The van der Waals surface area contributed by atoms with E-state index in [1.807, 2.05) is 12.1 Å². The fourth-order valence-corrected chi connectivity index (χ4v) is 2.03. The highest BCUT2D eigenvalue weighted by atomic mass is 35.5. The summed E-state index contributed by atoms with van der Waals surface area (Å²) < 4.78 is 1.61. The van der Waals surface area contributed by atoms with E-state index >= 15 is 0 Å². The van der Waals surface area contributed by atoms with Gasteiger partial charge in [-0.3, -0.25) is 0 Å². The molecule has 2 rings (SSSR count). The second kappa shape index (κ2) is 5.33. The Labute approximate surface area is 115 Å². The molecule has 1 N–H and O–H groups in total. The molecule has 1 aromatic carbocycles. The van der Waals surface area contributed by atoms with Crippen LogP contribution in [-0.4, -0.2) is 20.5 Å². The molecule has 1 aromatic heterocycles. The molecule has 0 aliphatic rings. The molecule has 0 saturated carbocycles. The molecule has 3 nitrogen and oxygen atoms in total. The van der Waals surface area contributed by atoms with Crippen molar-refractivity contribution in [1.29, 1.82) is 0 Å². The summed E-state index contributed by atoms with van der Waals surface area (Å²) in [6.07, 6.45) is 1.70. The number of rotatable bonds is 4. The van der Waals surface area contributed by atoms with Crippen LogP contribution in [0.15, 0.2) is 42.6 Å². The predicted octanol–water partition coefficient (Wildman–Crippen LogP) is 3.26. The lowest BCUT2D eigenvalue weighted by Crippen LogP contribution is -2.13. The smallest absolute Gasteiger partial charge is 0.352 e. The number of benzene rings is 1. The molecule has 0 radical (unpaired) electrons. The molecule has 0 amide bonds. The van der Waals surface area contributed by atoms with Gasteiger partial charge in [-0.1, -0.05) is 36.0 Å². The first-order valence-electron chi connectivity index (χ1n) is 5.25. The number of carbonyl (C=O) groups is 1. The maximum absolute atomic E-state index is 11.0. The van der Waals surface area contributed by atoms with Gasteiger partial charge in [-0.05, 0) is 29.8 Å². The van der Waals surface area contributed by atoms with Gasteiger partial charge >= 0.3 is 5.97 Å².